The Morgan fingerprint density at radius 3 is 3.00 bits per heavy atom. The maximum Gasteiger partial charge on any atom is 0.231 e. The van der Waals surface area contributed by atoms with Gasteiger partial charge < -0.3 is 14.8 Å². The molecule has 1 atom stereocenters. The van der Waals surface area contributed by atoms with Crippen molar-refractivity contribution in [3.05, 3.63) is 61.7 Å². The van der Waals surface area contributed by atoms with E-state index in [9.17, 15) is 0 Å². The molecule has 24 heavy (non-hydrogen) atoms. The van der Waals surface area contributed by atoms with E-state index >= 15 is 0 Å². The zero-order valence-electron chi connectivity index (χ0n) is 12.7. The van der Waals surface area contributed by atoms with E-state index in [4.69, 9.17) is 21.1 Å². The van der Waals surface area contributed by atoms with E-state index in [2.05, 4.69) is 27.1 Å². The lowest BCUT2D eigenvalue weighted by Crippen LogP contribution is -2.22. The van der Waals surface area contributed by atoms with Gasteiger partial charge in [0.05, 0.1) is 11.1 Å². The maximum absolute atomic E-state index is 6.26. The first-order chi connectivity index (χ1) is 11.8. The Hall–Kier alpha value is -1.60. The van der Waals surface area contributed by atoms with Crippen LogP contribution in [0.3, 0.4) is 0 Å². The summed E-state index contributed by atoms with van der Waals surface area (Å²) in [6.07, 6.45) is 2.76. The van der Waals surface area contributed by atoms with Crippen molar-refractivity contribution < 1.29 is 9.47 Å². The van der Waals surface area contributed by atoms with Gasteiger partial charge in [-0.25, -0.2) is 4.98 Å². The Labute approximate surface area is 153 Å². The van der Waals surface area contributed by atoms with Crippen molar-refractivity contribution in [2.24, 2.45) is 0 Å². The molecule has 4 rings (SSSR count). The summed E-state index contributed by atoms with van der Waals surface area (Å²) in [4.78, 5) is 4.47. The van der Waals surface area contributed by atoms with Crippen LogP contribution in [0, 0.1) is 0 Å². The Bertz CT molecular complexity index is 806. The van der Waals surface area contributed by atoms with E-state index in [0.29, 0.717) is 23.1 Å². The van der Waals surface area contributed by atoms with Crippen LogP contribution in [-0.4, -0.2) is 11.8 Å². The minimum Gasteiger partial charge on any atom is -0.454 e. The molecule has 0 fully saturated rings. The average Bonchev–Trinajstić information content (AvgIpc) is 3.31. The van der Waals surface area contributed by atoms with Gasteiger partial charge in [-0.3, -0.25) is 0 Å². The van der Waals surface area contributed by atoms with Crippen molar-refractivity contribution in [3.63, 3.8) is 0 Å². The van der Waals surface area contributed by atoms with Crippen LogP contribution < -0.4 is 14.8 Å². The van der Waals surface area contributed by atoms with E-state index < -0.39 is 0 Å². The van der Waals surface area contributed by atoms with Gasteiger partial charge in [0.2, 0.25) is 6.79 Å². The van der Waals surface area contributed by atoms with Gasteiger partial charge in [0, 0.05) is 18.1 Å². The predicted molar refractivity (Wildman–Crippen MR) is 97.3 cm³/mol. The SMILES string of the molecule is Clc1cc(CN[C@H](Cc2ccsc2)c2nccs2)cc2c1OCO2. The zero-order valence-corrected chi connectivity index (χ0v) is 15.1. The lowest BCUT2D eigenvalue weighted by Gasteiger charge is -2.16. The summed E-state index contributed by atoms with van der Waals surface area (Å²) in [5.41, 5.74) is 2.38. The van der Waals surface area contributed by atoms with Crippen LogP contribution in [0.5, 0.6) is 11.5 Å². The molecule has 0 spiro atoms. The molecular formula is C17H15ClN2O2S2. The van der Waals surface area contributed by atoms with Crippen LogP contribution in [0.15, 0.2) is 40.5 Å². The number of benzene rings is 1. The number of aromatic nitrogens is 1. The van der Waals surface area contributed by atoms with Crippen LogP contribution in [0.2, 0.25) is 5.02 Å². The molecule has 0 radical (unpaired) electrons. The third-order valence-electron chi connectivity index (χ3n) is 3.81. The van der Waals surface area contributed by atoms with Crippen LogP contribution in [0.4, 0.5) is 0 Å². The zero-order chi connectivity index (χ0) is 16.4. The second-order valence-corrected chi connectivity index (χ2v) is 7.56. The Morgan fingerprint density at radius 1 is 1.25 bits per heavy atom. The molecule has 124 valence electrons. The lowest BCUT2D eigenvalue weighted by atomic mass is 10.1. The third-order valence-corrected chi connectivity index (χ3v) is 5.71. The lowest BCUT2D eigenvalue weighted by molar-refractivity contribution is 0.174. The highest BCUT2D eigenvalue weighted by Crippen LogP contribution is 2.39. The van der Waals surface area contributed by atoms with Gasteiger partial charge in [0.1, 0.15) is 5.01 Å². The minimum absolute atomic E-state index is 0.170. The molecule has 4 nitrogen and oxygen atoms in total. The van der Waals surface area contributed by atoms with E-state index in [-0.39, 0.29) is 12.8 Å². The minimum atomic E-state index is 0.170. The van der Waals surface area contributed by atoms with Crippen LogP contribution in [0.1, 0.15) is 22.2 Å². The second-order valence-electron chi connectivity index (χ2n) is 5.45. The standard InChI is InChI=1S/C17H15ClN2O2S2/c18-13-5-12(7-15-16(13)22-10-21-15)8-20-14(17-19-2-4-24-17)6-11-1-3-23-9-11/h1-5,7,9,14,20H,6,8,10H2/t14-/m1/s1. The van der Waals surface area contributed by atoms with Gasteiger partial charge in [0.15, 0.2) is 11.5 Å². The fraction of sp³-hybridized carbons (Fsp3) is 0.235. The number of fused-ring (bicyclic) bond motifs is 1. The Balaban J connectivity index is 1.50. The molecule has 1 aromatic carbocycles. The van der Waals surface area contributed by atoms with Crippen molar-refractivity contribution in [1.82, 2.24) is 10.3 Å². The Kier molecular flexibility index (Phi) is 4.71. The molecule has 0 amide bonds. The van der Waals surface area contributed by atoms with Gasteiger partial charge in [-0.05, 0) is 46.5 Å². The molecule has 0 unspecified atom stereocenters. The number of hydrogen-bond acceptors (Lipinski definition) is 6. The molecule has 3 heterocycles. The van der Waals surface area contributed by atoms with E-state index in [0.717, 1.165) is 17.0 Å². The molecule has 1 N–H and O–H groups in total. The van der Waals surface area contributed by atoms with Crippen LogP contribution in [-0.2, 0) is 13.0 Å². The molecule has 0 bridgehead atoms. The maximum atomic E-state index is 6.26. The second kappa shape index (κ2) is 7.11. The Morgan fingerprint density at radius 2 is 2.21 bits per heavy atom. The van der Waals surface area contributed by atoms with Crippen LogP contribution >= 0.6 is 34.3 Å². The first-order valence-electron chi connectivity index (χ1n) is 7.51. The van der Waals surface area contributed by atoms with Gasteiger partial charge in [0.25, 0.3) is 0 Å². The summed E-state index contributed by atoms with van der Waals surface area (Å²) in [6, 6.07) is 6.23. The van der Waals surface area contributed by atoms with Crippen molar-refractivity contribution >= 4 is 34.3 Å². The molecule has 1 aliphatic rings. The number of rotatable bonds is 6. The molecule has 3 aromatic rings. The number of hydrogen-bond donors (Lipinski definition) is 1. The van der Waals surface area contributed by atoms with Crippen LogP contribution in [0.25, 0.3) is 0 Å². The largest absolute Gasteiger partial charge is 0.454 e. The summed E-state index contributed by atoms with van der Waals surface area (Å²) >= 11 is 9.65. The quantitative estimate of drug-likeness (QED) is 0.677. The summed E-state index contributed by atoms with van der Waals surface area (Å²) in [5.74, 6) is 1.35. The fourth-order valence-electron chi connectivity index (χ4n) is 2.66. The summed E-state index contributed by atoms with van der Waals surface area (Å²) in [6.45, 7) is 0.913. The molecule has 2 aromatic heterocycles. The highest BCUT2D eigenvalue weighted by Gasteiger charge is 2.19. The molecule has 0 saturated carbocycles. The average molecular weight is 379 g/mol. The summed E-state index contributed by atoms with van der Waals surface area (Å²) in [7, 11) is 0. The number of nitrogens with one attached hydrogen (secondary N) is 1. The van der Waals surface area contributed by atoms with Gasteiger partial charge in [-0.2, -0.15) is 11.3 Å². The normalized spacial score (nSPS) is 14.0. The molecule has 0 aliphatic carbocycles. The van der Waals surface area contributed by atoms with E-state index in [1.54, 1.807) is 22.7 Å². The van der Waals surface area contributed by atoms with Gasteiger partial charge >= 0.3 is 0 Å². The van der Waals surface area contributed by atoms with E-state index in [1.165, 1.54) is 5.56 Å². The number of nitrogens with zero attached hydrogens (tertiary/aromatic N) is 1. The highest BCUT2D eigenvalue weighted by atomic mass is 35.5. The monoisotopic (exact) mass is 378 g/mol. The van der Waals surface area contributed by atoms with Crippen molar-refractivity contribution in [2.75, 3.05) is 6.79 Å². The molecule has 7 heteroatoms. The number of thiazole rings is 1. The number of thiophene rings is 1. The number of ether oxygens (including phenoxy) is 2. The van der Waals surface area contributed by atoms with Gasteiger partial charge in [-0.1, -0.05) is 11.6 Å². The summed E-state index contributed by atoms with van der Waals surface area (Å²) in [5, 5.41) is 11.6. The fourth-order valence-corrected chi connectivity index (χ4v) is 4.34. The van der Waals surface area contributed by atoms with E-state index in [1.807, 2.05) is 23.7 Å². The van der Waals surface area contributed by atoms with Crippen molar-refractivity contribution in [3.8, 4) is 11.5 Å². The first-order valence-corrected chi connectivity index (χ1v) is 9.71. The highest BCUT2D eigenvalue weighted by molar-refractivity contribution is 7.09. The number of halogens is 1. The molecular weight excluding hydrogens is 364 g/mol. The van der Waals surface area contributed by atoms with Crippen molar-refractivity contribution in [1.29, 1.82) is 0 Å². The topological polar surface area (TPSA) is 43.4 Å². The summed E-state index contributed by atoms with van der Waals surface area (Å²) < 4.78 is 10.8. The predicted octanol–water partition coefficient (Wildman–Crippen LogP) is 4.66. The molecule has 1 aliphatic heterocycles. The smallest absolute Gasteiger partial charge is 0.231 e. The van der Waals surface area contributed by atoms with Gasteiger partial charge in [-0.15, -0.1) is 11.3 Å². The first kappa shape index (κ1) is 15.9. The van der Waals surface area contributed by atoms with Crippen molar-refractivity contribution in [2.45, 2.75) is 19.0 Å². The third kappa shape index (κ3) is 3.42. The molecule has 0 saturated heterocycles.